The lowest BCUT2D eigenvalue weighted by Crippen LogP contribution is -2.32. The van der Waals surface area contributed by atoms with Crippen LogP contribution in [0.1, 0.15) is 22.3 Å². The van der Waals surface area contributed by atoms with Crippen LogP contribution in [0.25, 0.3) is 82.4 Å². The second-order valence-corrected chi connectivity index (χ2v) is 17.6. The van der Waals surface area contributed by atoms with E-state index in [0.717, 1.165) is 22.7 Å². The molecule has 14 rings (SSSR count). The Balaban J connectivity index is 1.07. The third-order valence-corrected chi connectivity index (χ3v) is 14.4. The quantitative estimate of drug-likeness (QED) is 0.168. The molecular formula is C63H40N2. The van der Waals surface area contributed by atoms with Crippen LogP contribution in [0.4, 0.5) is 17.1 Å². The molecule has 1 atom stereocenters. The standard InChI is InChI=1S/C63H40N2/c1-3-17-42(18-4-1)48-36-37-55-50-23-10-13-27-57(50)63(58-28-15-25-54(48)62(55)58)56-26-12-9-22-49(56)51-34-32-46(39-59(51)63)64(45-31-30-41-16-7-8-19-43(41)38-45)47-33-35-53-52-24-11-14-29-60(52)65(61(53)40-47)44-20-5-2-6-21-44/h1-40H. The lowest BCUT2D eigenvalue weighted by atomic mass is 9.61. The van der Waals surface area contributed by atoms with Gasteiger partial charge < -0.3 is 9.47 Å². The highest BCUT2D eigenvalue weighted by molar-refractivity contribution is 6.13. The van der Waals surface area contributed by atoms with Crippen molar-refractivity contribution >= 4 is 60.4 Å². The van der Waals surface area contributed by atoms with E-state index in [2.05, 4.69) is 252 Å². The maximum atomic E-state index is 2.52. The first-order valence-electron chi connectivity index (χ1n) is 22.6. The Labute approximate surface area is 377 Å². The lowest BCUT2D eigenvalue weighted by molar-refractivity contribution is 0.773. The molecule has 0 aliphatic heterocycles. The molecule has 1 heterocycles. The fraction of sp³-hybridized carbons (Fsp3) is 0.0159. The average molecular weight is 825 g/mol. The van der Waals surface area contributed by atoms with Crippen molar-refractivity contribution in [1.82, 2.24) is 4.57 Å². The first kappa shape index (κ1) is 36.1. The van der Waals surface area contributed by atoms with Crippen molar-refractivity contribution in [2.24, 2.45) is 0 Å². The molecule has 0 amide bonds. The van der Waals surface area contributed by atoms with E-state index in [-0.39, 0.29) is 0 Å². The van der Waals surface area contributed by atoms with E-state index in [4.69, 9.17) is 0 Å². The average Bonchev–Trinajstić information content (AvgIpc) is 3.86. The van der Waals surface area contributed by atoms with Gasteiger partial charge in [0.25, 0.3) is 0 Å². The molecule has 302 valence electrons. The summed E-state index contributed by atoms with van der Waals surface area (Å²) in [6.45, 7) is 0. The van der Waals surface area contributed by atoms with Crippen LogP contribution in [-0.4, -0.2) is 4.57 Å². The molecule has 1 spiro atoms. The van der Waals surface area contributed by atoms with E-state index < -0.39 is 5.41 Å². The molecule has 0 N–H and O–H groups in total. The van der Waals surface area contributed by atoms with Gasteiger partial charge in [0, 0.05) is 33.5 Å². The van der Waals surface area contributed by atoms with Crippen LogP contribution in [0.5, 0.6) is 0 Å². The van der Waals surface area contributed by atoms with Crippen LogP contribution in [-0.2, 0) is 5.41 Å². The summed E-state index contributed by atoms with van der Waals surface area (Å²) in [5.74, 6) is 0. The number of aromatic nitrogens is 1. The van der Waals surface area contributed by atoms with Crippen molar-refractivity contribution in [3.63, 3.8) is 0 Å². The number of rotatable bonds is 5. The highest BCUT2D eigenvalue weighted by atomic mass is 15.1. The van der Waals surface area contributed by atoms with Gasteiger partial charge in [-0.3, -0.25) is 0 Å². The minimum atomic E-state index is -0.570. The van der Waals surface area contributed by atoms with Crippen LogP contribution in [0.2, 0.25) is 0 Å². The van der Waals surface area contributed by atoms with Gasteiger partial charge >= 0.3 is 0 Å². The van der Waals surface area contributed by atoms with E-state index in [1.54, 1.807) is 0 Å². The molecule has 2 aliphatic carbocycles. The highest BCUT2D eigenvalue weighted by Crippen LogP contribution is 2.63. The van der Waals surface area contributed by atoms with Gasteiger partial charge in [-0.1, -0.05) is 188 Å². The monoisotopic (exact) mass is 824 g/mol. The molecule has 2 aliphatic rings. The van der Waals surface area contributed by atoms with Gasteiger partial charge in [-0.25, -0.2) is 0 Å². The molecule has 0 saturated carbocycles. The van der Waals surface area contributed by atoms with Crippen molar-refractivity contribution in [3.05, 3.63) is 265 Å². The predicted octanol–water partition coefficient (Wildman–Crippen LogP) is 16.6. The molecule has 2 nitrogen and oxygen atoms in total. The summed E-state index contributed by atoms with van der Waals surface area (Å²) in [7, 11) is 0. The summed E-state index contributed by atoms with van der Waals surface area (Å²) >= 11 is 0. The Bertz CT molecular complexity index is 3900. The predicted molar refractivity (Wildman–Crippen MR) is 272 cm³/mol. The van der Waals surface area contributed by atoms with Crippen molar-refractivity contribution < 1.29 is 0 Å². The molecule has 0 bridgehead atoms. The number of benzene rings is 11. The van der Waals surface area contributed by atoms with Crippen molar-refractivity contribution in [2.75, 3.05) is 4.90 Å². The van der Waals surface area contributed by atoms with Gasteiger partial charge in [-0.2, -0.15) is 0 Å². The Kier molecular flexibility index (Phi) is 7.64. The number of hydrogen-bond acceptors (Lipinski definition) is 1. The molecule has 1 unspecified atom stereocenters. The second-order valence-electron chi connectivity index (χ2n) is 17.6. The van der Waals surface area contributed by atoms with Gasteiger partial charge in [0.05, 0.1) is 16.4 Å². The van der Waals surface area contributed by atoms with Crippen molar-refractivity contribution in [3.8, 4) is 39.1 Å². The third-order valence-electron chi connectivity index (χ3n) is 14.4. The van der Waals surface area contributed by atoms with Gasteiger partial charge in [0.15, 0.2) is 0 Å². The molecule has 0 saturated heterocycles. The van der Waals surface area contributed by atoms with Crippen molar-refractivity contribution in [2.45, 2.75) is 5.41 Å². The Morgan fingerprint density at radius 3 is 1.69 bits per heavy atom. The fourth-order valence-corrected chi connectivity index (χ4v) is 11.7. The zero-order chi connectivity index (χ0) is 42.6. The van der Waals surface area contributed by atoms with Crippen LogP contribution >= 0.6 is 0 Å². The van der Waals surface area contributed by atoms with E-state index in [1.807, 2.05) is 0 Å². The number of nitrogens with zero attached hydrogens (tertiary/aromatic N) is 2. The summed E-state index contributed by atoms with van der Waals surface area (Å²) in [4.78, 5) is 2.48. The number of hydrogen-bond donors (Lipinski definition) is 0. The van der Waals surface area contributed by atoms with E-state index in [1.165, 1.54) is 99.0 Å². The first-order valence-corrected chi connectivity index (χ1v) is 22.6. The lowest BCUT2D eigenvalue weighted by Gasteiger charge is -2.40. The van der Waals surface area contributed by atoms with Gasteiger partial charge in [-0.15, -0.1) is 0 Å². The summed E-state index contributed by atoms with van der Waals surface area (Å²) in [6, 6.07) is 90.3. The minimum Gasteiger partial charge on any atom is -0.310 e. The molecule has 65 heavy (non-hydrogen) atoms. The molecule has 0 fully saturated rings. The maximum absolute atomic E-state index is 2.52. The SMILES string of the molecule is c1ccc(-c2ccc3c4c(cccc24)C2(c4ccccc4-c4ccc(N(c5ccc6ccccc6c5)c5ccc6c7ccccc7n(-c7ccccc7)c6c5)cc42)c2ccccc2-3)cc1. The summed E-state index contributed by atoms with van der Waals surface area (Å²) in [6.07, 6.45) is 0. The number of para-hydroxylation sites is 2. The maximum Gasteiger partial charge on any atom is 0.0726 e. The topological polar surface area (TPSA) is 8.17 Å². The molecule has 1 aromatic heterocycles. The molecule has 0 radical (unpaired) electrons. The highest BCUT2D eigenvalue weighted by Gasteiger charge is 2.50. The molecule has 2 heteroatoms. The van der Waals surface area contributed by atoms with Crippen molar-refractivity contribution in [1.29, 1.82) is 0 Å². The molecule has 11 aromatic carbocycles. The van der Waals surface area contributed by atoms with Crippen LogP contribution < -0.4 is 4.90 Å². The number of anilines is 3. The summed E-state index contributed by atoms with van der Waals surface area (Å²) < 4.78 is 2.42. The van der Waals surface area contributed by atoms with E-state index >= 15 is 0 Å². The second kappa shape index (κ2) is 13.8. The first-order chi connectivity index (χ1) is 32.3. The summed E-state index contributed by atoms with van der Waals surface area (Å²) in [5.41, 5.74) is 19.2. The zero-order valence-corrected chi connectivity index (χ0v) is 35.5. The van der Waals surface area contributed by atoms with Gasteiger partial charge in [0.1, 0.15) is 0 Å². The molecule has 12 aromatic rings. The van der Waals surface area contributed by atoms with Crippen LogP contribution in [0.15, 0.2) is 243 Å². The zero-order valence-electron chi connectivity index (χ0n) is 35.5. The smallest absolute Gasteiger partial charge is 0.0726 e. The Morgan fingerprint density at radius 1 is 0.308 bits per heavy atom. The van der Waals surface area contributed by atoms with Crippen LogP contribution in [0.3, 0.4) is 0 Å². The van der Waals surface area contributed by atoms with E-state index in [0.29, 0.717) is 0 Å². The number of fused-ring (bicyclic) bond motifs is 13. The van der Waals surface area contributed by atoms with Gasteiger partial charge in [-0.05, 0) is 132 Å². The molecular weight excluding hydrogens is 785 g/mol. The minimum absolute atomic E-state index is 0.570. The van der Waals surface area contributed by atoms with Crippen LogP contribution in [0, 0.1) is 0 Å². The summed E-state index contributed by atoms with van der Waals surface area (Å²) in [5, 5.41) is 7.51. The third kappa shape index (κ3) is 5.05. The fourth-order valence-electron chi connectivity index (χ4n) is 11.7. The van der Waals surface area contributed by atoms with Gasteiger partial charge in [0.2, 0.25) is 0 Å². The van der Waals surface area contributed by atoms with E-state index in [9.17, 15) is 0 Å². The Hall–Kier alpha value is -8.46. The normalized spacial score (nSPS) is 14.5. The Morgan fingerprint density at radius 2 is 0.862 bits per heavy atom. The largest absolute Gasteiger partial charge is 0.310 e.